The zero-order valence-corrected chi connectivity index (χ0v) is 26.4. The standard InChI is InChI=1S/2C11H15BrN2O3.C4H8O2/c2*1-4-6(2)11(5-7(3)12)8(15)13-10(17)14-9(11)16;1-2-6-4-3-5-1/h2*6H,3-5H2,1-2H3,(H2,13,14,15,16,17);1-4H2/t2*6-;/m10./s1. The average Bonchev–Trinajstić information content (AvgIpc) is 2.89. The lowest BCUT2D eigenvalue weighted by Crippen LogP contribution is -2.64. The molecule has 3 rings (SSSR count). The van der Waals surface area contributed by atoms with Crippen molar-refractivity contribution in [1.29, 1.82) is 0 Å². The third-order valence-electron chi connectivity index (χ3n) is 7.12. The minimum Gasteiger partial charge on any atom is -0.377 e. The van der Waals surface area contributed by atoms with E-state index in [1.807, 2.05) is 27.7 Å². The van der Waals surface area contributed by atoms with Gasteiger partial charge >= 0.3 is 12.1 Å². The minimum absolute atomic E-state index is 0.174. The highest BCUT2D eigenvalue weighted by molar-refractivity contribution is 9.12. The molecule has 3 heterocycles. The number of carbonyl (C=O) groups excluding carboxylic acids is 6. The SMILES string of the molecule is C1COCCO1.C=C(Br)CC1([C@@H](C)CC)C(=O)NC(=O)NC1=O.C=C(Br)CC1([C@H](C)CC)C(=O)NC(=O)NC1=O. The van der Waals surface area contributed by atoms with Crippen LogP contribution in [0.15, 0.2) is 22.1 Å². The molecule has 12 nitrogen and oxygen atoms in total. The fourth-order valence-electron chi connectivity index (χ4n) is 4.43. The van der Waals surface area contributed by atoms with E-state index < -0.39 is 46.5 Å². The van der Waals surface area contributed by atoms with Crippen LogP contribution in [0.1, 0.15) is 53.4 Å². The molecule has 0 aromatic heterocycles. The third kappa shape index (κ3) is 8.79. The Kier molecular flexibility index (Phi) is 14.4. The fraction of sp³-hybridized carbons (Fsp3) is 0.615. The Morgan fingerprint density at radius 1 is 0.675 bits per heavy atom. The Morgan fingerprint density at radius 2 is 0.925 bits per heavy atom. The van der Waals surface area contributed by atoms with E-state index >= 15 is 0 Å². The van der Waals surface area contributed by atoms with Gasteiger partial charge in [0, 0.05) is 12.8 Å². The average molecular weight is 694 g/mol. The van der Waals surface area contributed by atoms with Crippen LogP contribution in [0.2, 0.25) is 0 Å². The summed E-state index contributed by atoms with van der Waals surface area (Å²) in [5, 5.41) is 8.60. The fourth-order valence-corrected chi connectivity index (χ4v) is 5.32. The van der Waals surface area contributed by atoms with Crippen molar-refractivity contribution >= 4 is 67.6 Å². The van der Waals surface area contributed by atoms with Gasteiger partial charge in [0.1, 0.15) is 10.8 Å². The van der Waals surface area contributed by atoms with Gasteiger partial charge in [-0.2, -0.15) is 0 Å². The number of amides is 8. The van der Waals surface area contributed by atoms with Gasteiger partial charge in [-0.3, -0.25) is 40.4 Å². The molecule has 40 heavy (non-hydrogen) atoms. The van der Waals surface area contributed by atoms with Crippen LogP contribution in [0.3, 0.4) is 0 Å². The van der Waals surface area contributed by atoms with Crippen LogP contribution in [0.4, 0.5) is 9.59 Å². The van der Waals surface area contributed by atoms with Crippen molar-refractivity contribution in [3.8, 4) is 0 Å². The van der Waals surface area contributed by atoms with Crippen LogP contribution < -0.4 is 21.3 Å². The van der Waals surface area contributed by atoms with E-state index in [0.717, 1.165) is 26.4 Å². The van der Waals surface area contributed by atoms with E-state index in [0.29, 0.717) is 21.8 Å². The molecule has 0 spiro atoms. The number of imide groups is 4. The maximum Gasteiger partial charge on any atom is 0.328 e. The van der Waals surface area contributed by atoms with Gasteiger partial charge < -0.3 is 9.47 Å². The topological polar surface area (TPSA) is 169 Å². The van der Waals surface area contributed by atoms with Crippen LogP contribution in [0.5, 0.6) is 0 Å². The summed E-state index contributed by atoms with van der Waals surface area (Å²) in [5.41, 5.74) is -2.52. The molecule has 0 aromatic carbocycles. The van der Waals surface area contributed by atoms with Crippen molar-refractivity contribution in [1.82, 2.24) is 21.3 Å². The first-order valence-electron chi connectivity index (χ1n) is 12.8. The van der Waals surface area contributed by atoms with E-state index in [2.05, 4.69) is 66.3 Å². The number of rotatable bonds is 8. The summed E-state index contributed by atoms with van der Waals surface area (Å²) in [6, 6.07) is -1.53. The molecule has 0 aliphatic carbocycles. The zero-order chi connectivity index (χ0) is 30.7. The molecule has 8 amide bonds. The number of hydrogen-bond acceptors (Lipinski definition) is 8. The quantitative estimate of drug-likeness (QED) is 0.281. The van der Waals surface area contributed by atoms with Gasteiger partial charge in [-0.25, -0.2) is 9.59 Å². The van der Waals surface area contributed by atoms with Gasteiger partial charge in [-0.05, 0) is 20.8 Å². The van der Waals surface area contributed by atoms with Gasteiger partial charge in [-0.1, -0.05) is 85.6 Å². The Labute approximate surface area is 251 Å². The lowest BCUT2D eigenvalue weighted by Gasteiger charge is -2.38. The highest BCUT2D eigenvalue weighted by atomic mass is 79.9. The van der Waals surface area contributed by atoms with Crippen LogP contribution >= 0.6 is 31.9 Å². The van der Waals surface area contributed by atoms with Crippen molar-refractivity contribution in [2.45, 2.75) is 53.4 Å². The van der Waals surface area contributed by atoms with Gasteiger partial charge in [0.25, 0.3) is 0 Å². The Morgan fingerprint density at radius 3 is 1.10 bits per heavy atom. The molecule has 0 saturated carbocycles. The van der Waals surface area contributed by atoms with Crippen LogP contribution in [0, 0.1) is 22.7 Å². The Hall–Kier alpha value is -2.42. The normalized spacial score (nSPS) is 21.1. The summed E-state index contributed by atoms with van der Waals surface area (Å²) in [4.78, 5) is 70.2. The van der Waals surface area contributed by atoms with E-state index in [-0.39, 0.29) is 24.7 Å². The van der Waals surface area contributed by atoms with Crippen molar-refractivity contribution in [2.24, 2.45) is 22.7 Å². The monoisotopic (exact) mass is 692 g/mol. The number of allylic oxidation sites excluding steroid dienone is 2. The molecule has 14 heteroatoms. The largest absolute Gasteiger partial charge is 0.377 e. The molecule has 2 atom stereocenters. The maximum atomic E-state index is 12.0. The molecule has 0 aromatic rings. The van der Waals surface area contributed by atoms with Crippen molar-refractivity contribution < 1.29 is 38.2 Å². The molecule has 3 aliphatic heterocycles. The number of urea groups is 2. The van der Waals surface area contributed by atoms with E-state index in [1.165, 1.54) is 0 Å². The first-order chi connectivity index (χ1) is 18.7. The van der Waals surface area contributed by atoms with Crippen molar-refractivity contribution in [3.63, 3.8) is 0 Å². The molecule has 224 valence electrons. The van der Waals surface area contributed by atoms with Crippen LogP contribution in [-0.4, -0.2) is 62.1 Å². The number of ether oxygens (including phenoxy) is 2. The van der Waals surface area contributed by atoms with Crippen LogP contribution in [-0.2, 0) is 28.7 Å². The Bertz CT molecular complexity index is 903. The second kappa shape index (κ2) is 16.1. The number of carbonyl (C=O) groups is 6. The molecule has 0 radical (unpaired) electrons. The molecule has 3 fully saturated rings. The second-order valence-electron chi connectivity index (χ2n) is 9.65. The highest BCUT2D eigenvalue weighted by Gasteiger charge is 2.54. The summed E-state index contributed by atoms with van der Waals surface area (Å²) < 4.78 is 11.0. The summed E-state index contributed by atoms with van der Waals surface area (Å²) >= 11 is 6.35. The summed E-state index contributed by atoms with van der Waals surface area (Å²) in [6.45, 7) is 17.9. The smallest absolute Gasteiger partial charge is 0.328 e. The maximum absolute atomic E-state index is 12.0. The predicted molar refractivity (Wildman–Crippen MR) is 154 cm³/mol. The number of nitrogens with one attached hydrogen (secondary N) is 4. The second-order valence-corrected chi connectivity index (χ2v) is 11.9. The molecule has 0 unspecified atom stereocenters. The molecule has 3 saturated heterocycles. The van der Waals surface area contributed by atoms with Gasteiger partial charge in [0.15, 0.2) is 0 Å². The predicted octanol–water partition coefficient (Wildman–Crippen LogP) is 3.40. The molecular formula is C26H38Br2N4O8. The molecule has 0 bridgehead atoms. The van der Waals surface area contributed by atoms with Crippen molar-refractivity contribution in [3.05, 3.63) is 22.1 Å². The van der Waals surface area contributed by atoms with E-state index in [9.17, 15) is 28.8 Å². The van der Waals surface area contributed by atoms with Crippen LogP contribution in [0.25, 0.3) is 0 Å². The van der Waals surface area contributed by atoms with E-state index in [1.54, 1.807) is 0 Å². The van der Waals surface area contributed by atoms with E-state index in [4.69, 9.17) is 9.47 Å². The Balaban J connectivity index is 0.000000331. The molecular weight excluding hydrogens is 656 g/mol. The minimum atomic E-state index is -1.26. The van der Waals surface area contributed by atoms with Crippen molar-refractivity contribution in [2.75, 3.05) is 26.4 Å². The molecule has 4 N–H and O–H groups in total. The summed E-state index contributed by atoms with van der Waals surface area (Å²) in [6.07, 6.45) is 1.64. The third-order valence-corrected chi connectivity index (χ3v) is 7.68. The lowest BCUT2D eigenvalue weighted by atomic mass is 9.70. The lowest BCUT2D eigenvalue weighted by molar-refractivity contribution is -0.149. The first kappa shape index (κ1) is 35.6. The van der Waals surface area contributed by atoms with Gasteiger partial charge in [-0.15, -0.1) is 0 Å². The number of hydrogen-bond donors (Lipinski definition) is 4. The number of halogens is 2. The van der Waals surface area contributed by atoms with Gasteiger partial charge in [0.2, 0.25) is 23.6 Å². The van der Waals surface area contributed by atoms with Gasteiger partial charge in [0.05, 0.1) is 26.4 Å². The highest BCUT2D eigenvalue weighted by Crippen LogP contribution is 2.40. The first-order valence-corrected chi connectivity index (χ1v) is 14.4. The zero-order valence-electron chi connectivity index (χ0n) is 23.2. The summed E-state index contributed by atoms with van der Waals surface area (Å²) in [7, 11) is 0. The molecule has 3 aliphatic rings. The summed E-state index contributed by atoms with van der Waals surface area (Å²) in [5.74, 6) is -2.60. The number of barbiturate groups is 2.